The second-order valence-corrected chi connectivity index (χ2v) is 5.58. The average Bonchev–Trinajstić information content (AvgIpc) is 2.83. The van der Waals surface area contributed by atoms with E-state index in [1.54, 1.807) is 7.11 Å². The maximum absolute atomic E-state index is 12.7. The van der Waals surface area contributed by atoms with Gasteiger partial charge >= 0.3 is 12.1 Å². The lowest BCUT2D eigenvalue weighted by atomic mass is 9.88. The van der Waals surface area contributed by atoms with Crippen molar-refractivity contribution in [2.45, 2.75) is 37.4 Å². The van der Waals surface area contributed by atoms with Crippen molar-refractivity contribution in [3.63, 3.8) is 0 Å². The van der Waals surface area contributed by atoms with E-state index in [1.165, 1.54) is 0 Å². The lowest BCUT2D eigenvalue weighted by Crippen LogP contribution is -2.51. The van der Waals surface area contributed by atoms with Crippen LogP contribution in [-0.4, -0.2) is 36.7 Å². The standard InChI is InChI=1S/C15H16F3NO2/c1-21-10-5-4-9-7-13-11(12(9)8-10)3-2-6-19(13)14(20)15(16,17)18/h4-5,8,11,13H,2-3,6-7H2,1H3/t11-,13+/m0/s1. The van der Waals surface area contributed by atoms with Crippen LogP contribution in [0.3, 0.4) is 0 Å². The van der Waals surface area contributed by atoms with E-state index < -0.39 is 12.1 Å². The Morgan fingerprint density at radius 1 is 1.38 bits per heavy atom. The number of likely N-dealkylation sites (tertiary alicyclic amines) is 1. The second-order valence-electron chi connectivity index (χ2n) is 5.58. The van der Waals surface area contributed by atoms with Crippen molar-refractivity contribution in [3.8, 4) is 5.75 Å². The molecule has 0 saturated carbocycles. The van der Waals surface area contributed by atoms with Crippen LogP contribution in [-0.2, 0) is 11.2 Å². The van der Waals surface area contributed by atoms with E-state index in [2.05, 4.69) is 0 Å². The third kappa shape index (κ3) is 2.36. The first-order valence-electron chi connectivity index (χ1n) is 6.96. The van der Waals surface area contributed by atoms with Gasteiger partial charge in [0.25, 0.3) is 0 Å². The van der Waals surface area contributed by atoms with Gasteiger partial charge in [0.2, 0.25) is 0 Å². The Labute approximate surface area is 120 Å². The third-order valence-electron chi connectivity index (χ3n) is 4.46. The molecule has 0 radical (unpaired) electrons. The van der Waals surface area contributed by atoms with Crippen molar-refractivity contribution in [2.24, 2.45) is 0 Å². The van der Waals surface area contributed by atoms with Crippen LogP contribution in [0.25, 0.3) is 0 Å². The van der Waals surface area contributed by atoms with Crippen LogP contribution >= 0.6 is 0 Å². The van der Waals surface area contributed by atoms with Gasteiger partial charge in [-0.15, -0.1) is 0 Å². The SMILES string of the molecule is COc1ccc2c(c1)[C@@H]1CCCN(C(=O)C(F)(F)F)[C@@H]1C2. The summed E-state index contributed by atoms with van der Waals surface area (Å²) in [6.07, 6.45) is -2.90. The molecule has 1 heterocycles. The Kier molecular flexibility index (Phi) is 3.34. The predicted molar refractivity (Wildman–Crippen MR) is 70.2 cm³/mol. The lowest BCUT2D eigenvalue weighted by molar-refractivity contribution is -0.189. The van der Waals surface area contributed by atoms with E-state index in [0.717, 1.165) is 22.4 Å². The number of carbonyl (C=O) groups excluding carboxylic acids is 1. The Bertz CT molecular complexity index is 571. The molecule has 1 amide bonds. The van der Waals surface area contributed by atoms with Gasteiger partial charge in [-0.2, -0.15) is 13.2 Å². The molecule has 2 aliphatic rings. The molecular formula is C15H16F3NO2. The highest BCUT2D eigenvalue weighted by Crippen LogP contribution is 2.44. The Morgan fingerprint density at radius 2 is 2.14 bits per heavy atom. The zero-order valence-electron chi connectivity index (χ0n) is 11.6. The fourth-order valence-corrected chi connectivity index (χ4v) is 3.54. The van der Waals surface area contributed by atoms with Gasteiger partial charge in [0.05, 0.1) is 7.11 Å². The Hall–Kier alpha value is -1.72. The number of hydrogen-bond acceptors (Lipinski definition) is 2. The van der Waals surface area contributed by atoms with E-state index in [0.29, 0.717) is 18.6 Å². The van der Waals surface area contributed by atoms with Crippen molar-refractivity contribution >= 4 is 5.91 Å². The number of halogens is 3. The molecule has 1 fully saturated rings. The molecule has 3 rings (SSSR count). The van der Waals surface area contributed by atoms with Gasteiger partial charge < -0.3 is 9.64 Å². The van der Waals surface area contributed by atoms with Crippen LogP contribution in [0.15, 0.2) is 18.2 Å². The number of fused-ring (bicyclic) bond motifs is 3. The minimum absolute atomic E-state index is 0.0184. The molecule has 2 atom stereocenters. The van der Waals surface area contributed by atoms with Gasteiger partial charge in [-0.3, -0.25) is 4.79 Å². The van der Waals surface area contributed by atoms with Crippen LogP contribution in [0, 0.1) is 0 Å². The molecule has 0 bridgehead atoms. The fourth-order valence-electron chi connectivity index (χ4n) is 3.54. The van der Waals surface area contributed by atoms with Crippen LogP contribution in [0.1, 0.15) is 29.9 Å². The maximum Gasteiger partial charge on any atom is 0.471 e. The molecule has 114 valence electrons. The van der Waals surface area contributed by atoms with Crippen molar-refractivity contribution in [2.75, 3.05) is 13.7 Å². The van der Waals surface area contributed by atoms with E-state index in [1.807, 2.05) is 18.2 Å². The summed E-state index contributed by atoms with van der Waals surface area (Å²) in [6.45, 7) is 0.185. The highest BCUT2D eigenvalue weighted by molar-refractivity contribution is 5.82. The largest absolute Gasteiger partial charge is 0.497 e. The maximum atomic E-state index is 12.7. The molecule has 0 unspecified atom stereocenters. The molecule has 1 aliphatic carbocycles. The lowest BCUT2D eigenvalue weighted by Gasteiger charge is -2.38. The molecule has 1 saturated heterocycles. The first kappa shape index (κ1) is 14.2. The number of rotatable bonds is 1. The molecule has 0 spiro atoms. The van der Waals surface area contributed by atoms with Crippen LogP contribution in [0.5, 0.6) is 5.75 Å². The van der Waals surface area contributed by atoms with Crippen LogP contribution in [0.4, 0.5) is 13.2 Å². The summed E-state index contributed by atoms with van der Waals surface area (Å²) in [5.74, 6) is -1.03. The minimum Gasteiger partial charge on any atom is -0.497 e. The van der Waals surface area contributed by atoms with Crippen LogP contribution < -0.4 is 4.74 Å². The molecular weight excluding hydrogens is 283 g/mol. The first-order valence-corrected chi connectivity index (χ1v) is 6.96. The summed E-state index contributed by atoms with van der Waals surface area (Å²) in [6, 6.07) is 5.21. The van der Waals surface area contributed by atoms with Crippen LogP contribution in [0.2, 0.25) is 0 Å². The van der Waals surface area contributed by atoms with E-state index in [-0.39, 0.29) is 18.5 Å². The third-order valence-corrected chi connectivity index (χ3v) is 4.46. The Morgan fingerprint density at radius 3 is 2.81 bits per heavy atom. The van der Waals surface area contributed by atoms with E-state index in [9.17, 15) is 18.0 Å². The summed E-state index contributed by atoms with van der Waals surface area (Å²) in [5.41, 5.74) is 2.05. The highest BCUT2D eigenvalue weighted by Gasteiger charge is 2.49. The molecule has 21 heavy (non-hydrogen) atoms. The van der Waals surface area contributed by atoms with Crippen molar-refractivity contribution in [1.29, 1.82) is 0 Å². The van der Waals surface area contributed by atoms with Gasteiger partial charge in [-0.25, -0.2) is 0 Å². The van der Waals surface area contributed by atoms with E-state index in [4.69, 9.17) is 4.74 Å². The van der Waals surface area contributed by atoms with Crippen molar-refractivity contribution in [3.05, 3.63) is 29.3 Å². The van der Waals surface area contributed by atoms with Crippen molar-refractivity contribution < 1.29 is 22.7 Å². The second kappa shape index (κ2) is 4.93. The number of ether oxygens (including phenoxy) is 1. The Balaban J connectivity index is 1.91. The highest BCUT2D eigenvalue weighted by atomic mass is 19.4. The fraction of sp³-hybridized carbons (Fsp3) is 0.533. The number of carbonyl (C=O) groups is 1. The zero-order chi connectivity index (χ0) is 15.2. The quantitative estimate of drug-likeness (QED) is 0.798. The number of benzene rings is 1. The summed E-state index contributed by atoms with van der Waals surface area (Å²) < 4.78 is 43.4. The smallest absolute Gasteiger partial charge is 0.471 e. The molecule has 1 aromatic carbocycles. The normalized spacial score (nSPS) is 24.5. The van der Waals surface area contributed by atoms with Gasteiger partial charge in [0.1, 0.15) is 5.75 Å². The number of nitrogens with zero attached hydrogens (tertiary/aromatic N) is 1. The van der Waals surface area contributed by atoms with Gasteiger partial charge in [-0.05, 0) is 42.5 Å². The van der Waals surface area contributed by atoms with E-state index >= 15 is 0 Å². The summed E-state index contributed by atoms with van der Waals surface area (Å²) in [7, 11) is 1.56. The molecule has 1 aromatic rings. The topological polar surface area (TPSA) is 29.5 Å². The first-order chi connectivity index (χ1) is 9.91. The van der Waals surface area contributed by atoms with Crippen molar-refractivity contribution in [1.82, 2.24) is 4.90 Å². The van der Waals surface area contributed by atoms with Gasteiger partial charge in [0.15, 0.2) is 0 Å². The summed E-state index contributed by atoms with van der Waals surface area (Å²) >= 11 is 0. The monoisotopic (exact) mass is 299 g/mol. The molecule has 0 N–H and O–H groups in total. The number of amides is 1. The molecule has 1 aliphatic heterocycles. The summed E-state index contributed by atoms with van der Waals surface area (Å²) in [4.78, 5) is 12.6. The van der Waals surface area contributed by atoms with Gasteiger partial charge in [0, 0.05) is 18.5 Å². The number of piperidine rings is 1. The molecule has 0 aromatic heterocycles. The van der Waals surface area contributed by atoms with Gasteiger partial charge in [-0.1, -0.05) is 6.07 Å². The minimum atomic E-state index is -4.80. The number of alkyl halides is 3. The number of hydrogen-bond donors (Lipinski definition) is 0. The molecule has 3 nitrogen and oxygen atoms in total. The number of methoxy groups -OCH3 is 1. The molecule has 6 heteroatoms. The predicted octanol–water partition coefficient (Wildman–Crippen LogP) is 2.89. The average molecular weight is 299 g/mol. The summed E-state index contributed by atoms with van der Waals surface area (Å²) in [5, 5.41) is 0. The zero-order valence-corrected chi connectivity index (χ0v) is 11.6.